The van der Waals surface area contributed by atoms with Gasteiger partial charge in [0.2, 0.25) is 0 Å². The monoisotopic (exact) mass is 229 g/mol. The lowest BCUT2D eigenvalue weighted by molar-refractivity contribution is -0.142. The summed E-state index contributed by atoms with van der Waals surface area (Å²) in [5.41, 5.74) is 5.75. The highest BCUT2D eigenvalue weighted by Crippen LogP contribution is 2.13. The molecule has 0 aromatic carbocycles. The second-order valence-corrected chi connectivity index (χ2v) is 4.71. The summed E-state index contributed by atoms with van der Waals surface area (Å²) in [6.45, 7) is 6.85. The molecule has 3 atom stereocenters. The smallest absolute Gasteiger partial charge is 0.323 e. The fraction of sp³-hybridized carbons (Fsp3) is 0.909. The zero-order chi connectivity index (χ0) is 12.3. The second-order valence-electron chi connectivity index (χ2n) is 4.71. The van der Waals surface area contributed by atoms with Gasteiger partial charge >= 0.3 is 5.97 Å². The molecule has 1 aliphatic heterocycles. The molecule has 0 aliphatic carbocycles. The van der Waals surface area contributed by atoms with E-state index < -0.39 is 6.04 Å². The predicted octanol–water partition coefficient (Wildman–Crippen LogP) is -0.489. The Morgan fingerprint density at radius 1 is 1.44 bits per heavy atom. The zero-order valence-corrected chi connectivity index (χ0v) is 10.6. The summed E-state index contributed by atoms with van der Waals surface area (Å²) in [5.74, 6) is -0.334. The molecule has 0 spiro atoms. The van der Waals surface area contributed by atoms with E-state index in [1.807, 2.05) is 0 Å². The van der Waals surface area contributed by atoms with Crippen molar-refractivity contribution in [3.63, 3.8) is 0 Å². The first-order chi connectivity index (χ1) is 7.45. The van der Waals surface area contributed by atoms with Crippen LogP contribution in [0, 0.1) is 0 Å². The molecule has 16 heavy (non-hydrogen) atoms. The third kappa shape index (κ3) is 3.17. The maximum Gasteiger partial charge on any atom is 0.323 e. The quantitative estimate of drug-likeness (QED) is 0.662. The molecule has 94 valence electrons. The van der Waals surface area contributed by atoms with Crippen LogP contribution in [0.5, 0.6) is 0 Å². The van der Waals surface area contributed by atoms with Crippen LogP contribution >= 0.6 is 0 Å². The van der Waals surface area contributed by atoms with Crippen molar-refractivity contribution < 1.29 is 9.53 Å². The number of ether oxygens (including phenoxy) is 1. The van der Waals surface area contributed by atoms with Gasteiger partial charge in [-0.05, 0) is 20.9 Å². The summed E-state index contributed by atoms with van der Waals surface area (Å²) in [7, 11) is 3.50. The maximum absolute atomic E-state index is 11.2. The summed E-state index contributed by atoms with van der Waals surface area (Å²) in [6, 6.07) is 0.454. The van der Waals surface area contributed by atoms with Crippen molar-refractivity contribution >= 4 is 5.97 Å². The highest BCUT2D eigenvalue weighted by atomic mass is 16.5. The van der Waals surface area contributed by atoms with Gasteiger partial charge < -0.3 is 10.5 Å². The number of hydrogen-bond donors (Lipinski definition) is 1. The number of nitrogens with two attached hydrogens (primary N) is 1. The van der Waals surface area contributed by atoms with E-state index in [2.05, 4.69) is 35.4 Å². The highest BCUT2D eigenvalue weighted by molar-refractivity contribution is 5.75. The molecule has 1 heterocycles. The van der Waals surface area contributed by atoms with Crippen LogP contribution in [0.2, 0.25) is 0 Å². The first kappa shape index (κ1) is 13.4. The molecule has 1 rings (SSSR count). The van der Waals surface area contributed by atoms with Crippen LogP contribution in [0.25, 0.3) is 0 Å². The normalized spacial score (nSPS) is 30.1. The minimum absolute atomic E-state index is 0.334. The number of carbonyl (C=O) groups is 1. The SMILES string of the molecule is COC(=O)C(N)CN1CC(C)N(C)C(C)C1. The number of carbonyl (C=O) groups excluding carboxylic acids is 1. The molecule has 2 N–H and O–H groups in total. The summed E-state index contributed by atoms with van der Waals surface area (Å²) >= 11 is 0. The number of methoxy groups -OCH3 is 1. The predicted molar refractivity (Wildman–Crippen MR) is 63.1 cm³/mol. The van der Waals surface area contributed by atoms with Gasteiger partial charge in [0.15, 0.2) is 0 Å². The van der Waals surface area contributed by atoms with E-state index in [0.717, 1.165) is 13.1 Å². The number of likely N-dealkylation sites (N-methyl/N-ethyl adjacent to an activating group) is 1. The van der Waals surface area contributed by atoms with E-state index >= 15 is 0 Å². The third-order valence-corrected chi connectivity index (χ3v) is 3.39. The standard InChI is InChI=1S/C11H23N3O2/c1-8-5-14(6-9(2)13(8)3)7-10(12)11(15)16-4/h8-10H,5-7,12H2,1-4H3. The molecule has 0 amide bonds. The van der Waals surface area contributed by atoms with Crippen molar-refractivity contribution in [3.05, 3.63) is 0 Å². The van der Waals surface area contributed by atoms with Crippen molar-refractivity contribution in [1.29, 1.82) is 0 Å². The minimum atomic E-state index is -0.534. The van der Waals surface area contributed by atoms with Gasteiger partial charge in [-0.1, -0.05) is 0 Å². The first-order valence-corrected chi connectivity index (χ1v) is 5.73. The molecule has 5 nitrogen and oxygen atoms in total. The van der Waals surface area contributed by atoms with Gasteiger partial charge in [-0.25, -0.2) is 0 Å². The van der Waals surface area contributed by atoms with E-state index in [1.165, 1.54) is 7.11 Å². The van der Waals surface area contributed by atoms with Gasteiger partial charge in [0.05, 0.1) is 7.11 Å². The van der Waals surface area contributed by atoms with E-state index in [0.29, 0.717) is 18.6 Å². The molecule has 0 radical (unpaired) electrons. The Balaban J connectivity index is 2.47. The average molecular weight is 229 g/mol. The van der Waals surface area contributed by atoms with Gasteiger partial charge in [0.25, 0.3) is 0 Å². The fourth-order valence-corrected chi connectivity index (χ4v) is 2.17. The number of rotatable bonds is 3. The van der Waals surface area contributed by atoms with Crippen molar-refractivity contribution in [2.45, 2.75) is 32.0 Å². The minimum Gasteiger partial charge on any atom is -0.468 e. The van der Waals surface area contributed by atoms with E-state index in [1.54, 1.807) is 0 Å². The first-order valence-electron chi connectivity index (χ1n) is 5.73. The van der Waals surface area contributed by atoms with Crippen LogP contribution in [0.1, 0.15) is 13.8 Å². The Kier molecular flexibility index (Phi) is 4.70. The van der Waals surface area contributed by atoms with Crippen molar-refractivity contribution in [2.24, 2.45) is 5.73 Å². The Morgan fingerprint density at radius 2 is 1.94 bits per heavy atom. The summed E-state index contributed by atoms with van der Waals surface area (Å²) in [6.07, 6.45) is 0. The molecule has 0 aromatic heterocycles. The molecule has 0 aromatic rings. The molecule has 1 saturated heterocycles. The van der Waals surface area contributed by atoms with E-state index in [9.17, 15) is 4.79 Å². The fourth-order valence-electron chi connectivity index (χ4n) is 2.17. The second kappa shape index (κ2) is 5.61. The maximum atomic E-state index is 11.2. The lowest BCUT2D eigenvalue weighted by Gasteiger charge is -2.42. The number of nitrogens with zero attached hydrogens (tertiary/aromatic N) is 2. The lowest BCUT2D eigenvalue weighted by Crippen LogP contribution is -2.57. The Morgan fingerprint density at radius 3 is 2.38 bits per heavy atom. The highest BCUT2D eigenvalue weighted by Gasteiger charge is 2.28. The van der Waals surface area contributed by atoms with Crippen LogP contribution in [0.3, 0.4) is 0 Å². The van der Waals surface area contributed by atoms with E-state index in [-0.39, 0.29) is 5.97 Å². The summed E-state index contributed by atoms with van der Waals surface area (Å²) in [4.78, 5) is 15.8. The van der Waals surface area contributed by atoms with Crippen molar-refractivity contribution in [2.75, 3.05) is 33.8 Å². The summed E-state index contributed by atoms with van der Waals surface area (Å²) in [5, 5.41) is 0. The van der Waals surface area contributed by atoms with Crippen LogP contribution in [0.4, 0.5) is 0 Å². The Bertz CT molecular complexity index is 235. The van der Waals surface area contributed by atoms with E-state index in [4.69, 9.17) is 5.73 Å². The van der Waals surface area contributed by atoms with Crippen LogP contribution in [-0.4, -0.2) is 67.7 Å². The molecule has 0 bridgehead atoms. The van der Waals surface area contributed by atoms with Crippen molar-refractivity contribution in [1.82, 2.24) is 9.80 Å². The summed E-state index contributed by atoms with van der Waals surface area (Å²) < 4.78 is 4.63. The Labute approximate surface area is 97.5 Å². The zero-order valence-electron chi connectivity index (χ0n) is 10.6. The average Bonchev–Trinajstić information content (AvgIpc) is 2.24. The number of hydrogen-bond acceptors (Lipinski definition) is 5. The molecule has 1 aliphatic rings. The van der Waals surface area contributed by atoms with Crippen LogP contribution < -0.4 is 5.73 Å². The van der Waals surface area contributed by atoms with Gasteiger partial charge in [-0.3, -0.25) is 14.6 Å². The molecule has 0 saturated carbocycles. The van der Waals surface area contributed by atoms with Gasteiger partial charge in [-0.2, -0.15) is 0 Å². The third-order valence-electron chi connectivity index (χ3n) is 3.39. The van der Waals surface area contributed by atoms with Gasteiger partial charge in [0.1, 0.15) is 6.04 Å². The molecular weight excluding hydrogens is 206 g/mol. The Hall–Kier alpha value is -0.650. The number of piperazine rings is 1. The molecule has 3 unspecified atom stereocenters. The molecule has 5 heteroatoms. The van der Waals surface area contributed by atoms with Gasteiger partial charge in [-0.15, -0.1) is 0 Å². The van der Waals surface area contributed by atoms with Crippen LogP contribution in [0.15, 0.2) is 0 Å². The molecular formula is C11H23N3O2. The topological polar surface area (TPSA) is 58.8 Å². The lowest BCUT2D eigenvalue weighted by atomic mass is 10.1. The molecule has 1 fully saturated rings. The van der Waals surface area contributed by atoms with Crippen LogP contribution in [-0.2, 0) is 9.53 Å². The largest absolute Gasteiger partial charge is 0.468 e. The van der Waals surface area contributed by atoms with Gasteiger partial charge in [0, 0.05) is 31.7 Å². The number of esters is 1. The van der Waals surface area contributed by atoms with Crippen molar-refractivity contribution in [3.8, 4) is 0 Å².